The van der Waals surface area contributed by atoms with Gasteiger partial charge in [0.15, 0.2) is 0 Å². The van der Waals surface area contributed by atoms with Crippen LogP contribution in [0.3, 0.4) is 0 Å². The van der Waals surface area contributed by atoms with E-state index in [1.165, 1.54) is 12.8 Å². The molecule has 0 amide bonds. The van der Waals surface area contributed by atoms with E-state index in [4.69, 9.17) is 0 Å². The first kappa shape index (κ1) is 7.61. The van der Waals surface area contributed by atoms with E-state index in [1.54, 1.807) is 0 Å². The van der Waals surface area contributed by atoms with Crippen molar-refractivity contribution in [3.05, 3.63) is 18.6 Å². The minimum atomic E-state index is 1.14. The van der Waals surface area contributed by atoms with Crippen molar-refractivity contribution in [2.75, 3.05) is 0 Å². The number of unbranched alkanes of at least 4 members (excludes halogenated alkanes) is 3. The normalized spacial score (nSPS) is 10.2. The van der Waals surface area contributed by atoms with Crippen LogP contribution in [-0.4, -0.2) is 0 Å². The van der Waals surface area contributed by atoms with Crippen LogP contribution >= 0.6 is 0 Å². The highest BCUT2D eigenvalue weighted by Crippen LogP contribution is 1.96. The molecule has 0 aliphatic rings. The summed E-state index contributed by atoms with van der Waals surface area (Å²) in [5.74, 6) is 0. The van der Waals surface area contributed by atoms with Gasteiger partial charge < -0.3 is 0 Å². The van der Waals surface area contributed by atoms with Gasteiger partial charge in [0.2, 0.25) is 0 Å². The average molecular weight is 111 g/mol. The summed E-state index contributed by atoms with van der Waals surface area (Å²) in [5.41, 5.74) is 0. The fourth-order valence-corrected chi connectivity index (χ4v) is 0.554. The Morgan fingerprint density at radius 2 is 2.25 bits per heavy atom. The van der Waals surface area contributed by atoms with Crippen molar-refractivity contribution >= 4 is 0 Å². The molecule has 0 bridgehead atoms. The molecule has 0 aliphatic heterocycles. The molecule has 0 rings (SSSR count). The molecule has 0 saturated heterocycles. The van der Waals surface area contributed by atoms with Crippen LogP contribution in [-0.2, 0) is 0 Å². The smallest absolute Gasteiger partial charge is 0.0875 e. The Morgan fingerprint density at radius 3 is 2.75 bits per heavy atom. The van der Waals surface area contributed by atoms with Gasteiger partial charge in [0.25, 0.3) is 0 Å². The second kappa shape index (κ2) is 6.61. The number of allylic oxidation sites excluding steroid dienone is 2. The molecule has 0 fully saturated rings. The van der Waals surface area contributed by atoms with Gasteiger partial charge in [-0.25, -0.2) is 0 Å². The highest BCUT2D eigenvalue weighted by molar-refractivity contribution is 4.83. The Bertz CT molecular complexity index is 53.1. The van der Waals surface area contributed by atoms with Crippen molar-refractivity contribution in [1.82, 2.24) is 0 Å². The molecule has 0 heterocycles. The van der Waals surface area contributed by atoms with E-state index in [9.17, 15) is 0 Å². The Labute approximate surface area is 52.6 Å². The van der Waals surface area contributed by atoms with Crippen LogP contribution in [0.2, 0.25) is 0 Å². The summed E-state index contributed by atoms with van der Waals surface area (Å²) in [5, 5.41) is 0. The van der Waals surface area contributed by atoms with Gasteiger partial charge in [-0.05, 0) is 19.4 Å². The van der Waals surface area contributed by atoms with Crippen LogP contribution in [0.15, 0.2) is 12.2 Å². The van der Waals surface area contributed by atoms with E-state index >= 15 is 0 Å². The lowest BCUT2D eigenvalue weighted by Gasteiger charge is -1.78. The van der Waals surface area contributed by atoms with Crippen LogP contribution in [0.25, 0.3) is 0 Å². The summed E-state index contributed by atoms with van der Waals surface area (Å²) in [6.07, 6.45) is 10.2. The Morgan fingerprint density at radius 1 is 1.50 bits per heavy atom. The first-order valence-corrected chi connectivity index (χ1v) is 3.34. The zero-order valence-electron chi connectivity index (χ0n) is 5.85. The van der Waals surface area contributed by atoms with Crippen molar-refractivity contribution in [2.45, 2.75) is 33.1 Å². The number of rotatable bonds is 4. The molecule has 0 unspecified atom stereocenters. The van der Waals surface area contributed by atoms with Crippen molar-refractivity contribution in [2.24, 2.45) is 0 Å². The molecule has 0 heteroatoms. The van der Waals surface area contributed by atoms with E-state index in [0.29, 0.717) is 0 Å². The molecule has 0 atom stereocenters. The van der Waals surface area contributed by atoms with Gasteiger partial charge in [-0.3, -0.25) is 0 Å². The summed E-state index contributed by atoms with van der Waals surface area (Å²) >= 11 is 0. The predicted octanol–water partition coefficient (Wildman–Crippen LogP) is 2.96. The molecular formula is C8H15+. The highest BCUT2D eigenvalue weighted by atomic mass is 13.8. The Balaban J connectivity index is 2.72. The Hall–Kier alpha value is -0.390. The van der Waals surface area contributed by atoms with E-state index in [1.807, 2.05) is 0 Å². The lowest BCUT2D eigenvalue weighted by Crippen LogP contribution is -1.70. The van der Waals surface area contributed by atoms with Gasteiger partial charge in [-0.1, -0.05) is 13.0 Å². The minimum absolute atomic E-state index is 1.14. The first-order chi connectivity index (χ1) is 3.91. The molecule has 0 aliphatic carbocycles. The third-order valence-corrected chi connectivity index (χ3v) is 1.03. The highest BCUT2D eigenvalue weighted by Gasteiger charge is 1.89. The minimum Gasteiger partial charge on any atom is -0.0875 e. The summed E-state index contributed by atoms with van der Waals surface area (Å²) in [7, 11) is 0. The topological polar surface area (TPSA) is 0 Å². The van der Waals surface area contributed by atoms with Gasteiger partial charge in [-0.2, -0.15) is 0 Å². The standard InChI is InChI=1S/C8H15/c1-3-5-7-8-6-4-2/h3,5,8H,4,6-7H2,1-2H3/q+1/b5-3+. The second-order valence-corrected chi connectivity index (χ2v) is 1.88. The maximum atomic E-state index is 2.31. The maximum Gasteiger partial charge on any atom is 0.106 e. The van der Waals surface area contributed by atoms with Gasteiger partial charge in [0.05, 0.1) is 12.8 Å². The summed E-state index contributed by atoms with van der Waals surface area (Å²) in [6, 6.07) is 0. The first-order valence-electron chi connectivity index (χ1n) is 3.34. The average Bonchev–Trinajstić information content (AvgIpc) is 1.81. The largest absolute Gasteiger partial charge is 0.106 e. The van der Waals surface area contributed by atoms with Crippen molar-refractivity contribution < 1.29 is 0 Å². The predicted molar refractivity (Wildman–Crippen MR) is 38.6 cm³/mol. The van der Waals surface area contributed by atoms with E-state index in [2.05, 4.69) is 32.4 Å². The van der Waals surface area contributed by atoms with Crippen LogP contribution in [0.5, 0.6) is 0 Å². The number of hydrogen-bond acceptors (Lipinski definition) is 0. The molecule has 0 aromatic rings. The molecule has 8 heavy (non-hydrogen) atoms. The Kier molecular flexibility index (Phi) is 6.29. The molecule has 0 saturated carbocycles. The van der Waals surface area contributed by atoms with Crippen LogP contribution in [0.4, 0.5) is 0 Å². The third-order valence-electron chi connectivity index (χ3n) is 1.03. The van der Waals surface area contributed by atoms with Crippen molar-refractivity contribution in [3.8, 4) is 0 Å². The van der Waals surface area contributed by atoms with Crippen molar-refractivity contribution in [3.63, 3.8) is 0 Å². The quantitative estimate of drug-likeness (QED) is 0.297. The molecule has 46 valence electrons. The lowest BCUT2D eigenvalue weighted by atomic mass is 10.2. The summed E-state index contributed by atoms with van der Waals surface area (Å²) in [4.78, 5) is 0. The molecule has 0 aromatic heterocycles. The summed E-state index contributed by atoms with van der Waals surface area (Å²) in [6.45, 7) is 4.26. The SMILES string of the molecule is C/C=C/C[CH+]CCC. The van der Waals surface area contributed by atoms with Crippen LogP contribution < -0.4 is 0 Å². The van der Waals surface area contributed by atoms with Gasteiger partial charge in [0.1, 0.15) is 6.42 Å². The van der Waals surface area contributed by atoms with Gasteiger partial charge in [-0.15, -0.1) is 0 Å². The molecule has 0 N–H and O–H groups in total. The molecule has 0 radical (unpaired) electrons. The fraction of sp³-hybridized carbons (Fsp3) is 0.625. The molecule has 0 spiro atoms. The van der Waals surface area contributed by atoms with E-state index in [0.717, 1.165) is 6.42 Å². The van der Waals surface area contributed by atoms with Gasteiger partial charge in [0, 0.05) is 0 Å². The van der Waals surface area contributed by atoms with Crippen LogP contribution in [0, 0.1) is 6.42 Å². The second-order valence-electron chi connectivity index (χ2n) is 1.88. The van der Waals surface area contributed by atoms with Crippen LogP contribution in [0.1, 0.15) is 33.1 Å². The van der Waals surface area contributed by atoms with E-state index in [-0.39, 0.29) is 0 Å². The van der Waals surface area contributed by atoms with E-state index < -0.39 is 0 Å². The number of hydrogen-bond donors (Lipinski definition) is 0. The summed E-state index contributed by atoms with van der Waals surface area (Å²) < 4.78 is 0. The fourth-order valence-electron chi connectivity index (χ4n) is 0.554. The molecular weight excluding hydrogens is 96.1 g/mol. The molecule has 0 aromatic carbocycles. The lowest BCUT2D eigenvalue weighted by molar-refractivity contribution is 0.873. The maximum absolute atomic E-state index is 2.31. The monoisotopic (exact) mass is 111 g/mol. The van der Waals surface area contributed by atoms with Crippen molar-refractivity contribution in [1.29, 1.82) is 0 Å². The third kappa shape index (κ3) is 5.61. The van der Waals surface area contributed by atoms with Gasteiger partial charge >= 0.3 is 0 Å². The zero-order valence-corrected chi connectivity index (χ0v) is 5.85. The zero-order chi connectivity index (χ0) is 6.24. The molecule has 0 nitrogen and oxygen atoms in total.